The van der Waals surface area contributed by atoms with E-state index in [1.54, 1.807) is 31.3 Å². The molecule has 41 heavy (non-hydrogen) atoms. The molecule has 3 aromatic carbocycles. The van der Waals surface area contributed by atoms with E-state index < -0.39 is 0 Å². The molecule has 0 atom stereocenters. The fourth-order valence-electron chi connectivity index (χ4n) is 4.26. The number of benzene rings is 3. The van der Waals surface area contributed by atoms with Gasteiger partial charge >= 0.3 is 0 Å². The van der Waals surface area contributed by atoms with E-state index in [1.807, 2.05) is 48.5 Å². The number of para-hydroxylation sites is 1. The molecule has 0 fully saturated rings. The van der Waals surface area contributed by atoms with Gasteiger partial charge in [0.1, 0.15) is 34.3 Å². The summed E-state index contributed by atoms with van der Waals surface area (Å²) >= 11 is 7.97. The van der Waals surface area contributed by atoms with Crippen LogP contribution in [0.25, 0.3) is 16.6 Å². The van der Waals surface area contributed by atoms with Gasteiger partial charge in [-0.25, -0.2) is 15.0 Å². The summed E-state index contributed by atoms with van der Waals surface area (Å²) in [5, 5.41) is 1.43. The van der Waals surface area contributed by atoms with Crippen molar-refractivity contribution in [2.75, 3.05) is 20.3 Å². The number of aromatic amines is 1. The van der Waals surface area contributed by atoms with E-state index in [4.69, 9.17) is 26.1 Å². The van der Waals surface area contributed by atoms with Gasteiger partial charge in [0, 0.05) is 7.05 Å². The van der Waals surface area contributed by atoms with Gasteiger partial charge in [-0.2, -0.15) is 0 Å². The molecule has 0 aliphatic carbocycles. The van der Waals surface area contributed by atoms with Gasteiger partial charge in [-0.1, -0.05) is 71.9 Å². The topological polar surface area (TPSA) is 107 Å². The number of ether oxygens (including phenoxy) is 2. The molecule has 11 heteroatoms. The van der Waals surface area contributed by atoms with E-state index in [-0.39, 0.29) is 12.2 Å². The Morgan fingerprint density at radius 1 is 1.07 bits per heavy atom. The van der Waals surface area contributed by atoms with Gasteiger partial charge in [0.25, 0.3) is 5.56 Å². The van der Waals surface area contributed by atoms with Crippen LogP contribution in [0.4, 0.5) is 5.82 Å². The lowest BCUT2D eigenvalue weighted by molar-refractivity contribution is 0.0893. The summed E-state index contributed by atoms with van der Waals surface area (Å²) < 4.78 is 13.3. The molecule has 2 aromatic heterocycles. The van der Waals surface area contributed by atoms with Crippen molar-refractivity contribution >= 4 is 51.8 Å². The molecule has 0 saturated carbocycles. The number of aromatic nitrogens is 4. The van der Waals surface area contributed by atoms with E-state index in [0.29, 0.717) is 68.7 Å². The number of rotatable bonds is 11. The van der Waals surface area contributed by atoms with Gasteiger partial charge in [-0.3, -0.25) is 14.4 Å². The van der Waals surface area contributed by atoms with Crippen LogP contribution in [-0.2, 0) is 17.1 Å². The van der Waals surface area contributed by atoms with Crippen molar-refractivity contribution < 1.29 is 9.47 Å². The average Bonchev–Trinajstić information content (AvgIpc) is 3.47. The van der Waals surface area contributed by atoms with Gasteiger partial charge in [-0.15, -0.1) is 0 Å². The molecule has 208 valence electrons. The van der Waals surface area contributed by atoms with Crippen molar-refractivity contribution in [1.82, 2.24) is 19.5 Å². The second-order valence-corrected chi connectivity index (χ2v) is 10.1. The fourth-order valence-corrected chi connectivity index (χ4v) is 5.37. The molecule has 5 rings (SSSR count). The molecule has 5 aromatic rings. The summed E-state index contributed by atoms with van der Waals surface area (Å²) in [6.45, 7) is 4.69. The number of nitrogens with one attached hydrogen (secondary N) is 1. The Labute approximate surface area is 246 Å². The fraction of sp³-hybridized carbons (Fsp3) is 0.167. The van der Waals surface area contributed by atoms with Gasteiger partial charge in [-0.05, 0) is 36.5 Å². The minimum absolute atomic E-state index is 0.273. The van der Waals surface area contributed by atoms with Crippen LogP contribution in [0.2, 0.25) is 5.02 Å². The first-order valence-electron chi connectivity index (χ1n) is 12.7. The highest BCUT2D eigenvalue weighted by molar-refractivity contribution is 8.13. The SMILES string of the molecule is C=Nc1nc[nH]c1C(=NC)SCc1nc2cccc(OCCOCc3ccccc3)c2c(=O)n1-c1ccccc1Cl. The molecule has 1 N–H and O–H groups in total. The lowest BCUT2D eigenvalue weighted by Gasteiger charge is -2.16. The van der Waals surface area contributed by atoms with E-state index in [2.05, 4.69) is 26.7 Å². The summed E-state index contributed by atoms with van der Waals surface area (Å²) in [6.07, 6.45) is 1.53. The predicted octanol–water partition coefficient (Wildman–Crippen LogP) is 6.00. The van der Waals surface area contributed by atoms with Crippen molar-refractivity contribution in [3.05, 3.63) is 112 Å². The Kier molecular flexibility index (Phi) is 9.25. The zero-order chi connectivity index (χ0) is 28.6. The lowest BCUT2D eigenvalue weighted by atomic mass is 10.2. The van der Waals surface area contributed by atoms with E-state index in [1.165, 1.54) is 22.7 Å². The van der Waals surface area contributed by atoms with Crippen molar-refractivity contribution in [3.8, 4) is 11.4 Å². The zero-order valence-corrected chi connectivity index (χ0v) is 23.9. The zero-order valence-electron chi connectivity index (χ0n) is 22.3. The van der Waals surface area contributed by atoms with E-state index in [9.17, 15) is 4.79 Å². The summed E-state index contributed by atoms with van der Waals surface area (Å²) in [6, 6.07) is 22.5. The third kappa shape index (κ3) is 6.40. The smallest absolute Gasteiger partial charge is 0.269 e. The number of hydrogen-bond acceptors (Lipinski definition) is 8. The largest absolute Gasteiger partial charge is 0.490 e. The maximum absolute atomic E-state index is 14.1. The number of nitrogens with zero attached hydrogens (tertiary/aromatic N) is 5. The normalized spacial score (nSPS) is 11.6. The number of thioether (sulfide) groups is 1. The Bertz CT molecular complexity index is 1750. The van der Waals surface area contributed by atoms with Crippen molar-refractivity contribution in [2.24, 2.45) is 9.98 Å². The Morgan fingerprint density at radius 3 is 2.66 bits per heavy atom. The van der Waals surface area contributed by atoms with Crippen LogP contribution in [0.1, 0.15) is 17.1 Å². The first-order valence-corrected chi connectivity index (χ1v) is 14.1. The molecule has 0 aliphatic rings. The maximum atomic E-state index is 14.1. The molecule has 0 spiro atoms. The molecule has 0 bridgehead atoms. The molecule has 9 nitrogen and oxygen atoms in total. The summed E-state index contributed by atoms with van der Waals surface area (Å²) in [5.74, 6) is 1.69. The van der Waals surface area contributed by atoms with Crippen LogP contribution in [0, 0.1) is 0 Å². The van der Waals surface area contributed by atoms with Crippen molar-refractivity contribution in [1.29, 1.82) is 0 Å². The van der Waals surface area contributed by atoms with Gasteiger partial charge < -0.3 is 14.5 Å². The maximum Gasteiger partial charge on any atom is 0.269 e. The second-order valence-electron chi connectivity index (χ2n) is 8.73. The molecule has 0 aliphatic heterocycles. The van der Waals surface area contributed by atoms with Crippen LogP contribution >= 0.6 is 23.4 Å². The Morgan fingerprint density at radius 2 is 1.88 bits per heavy atom. The summed E-state index contributed by atoms with van der Waals surface area (Å²) in [4.78, 5) is 34.6. The minimum Gasteiger partial charge on any atom is -0.490 e. The van der Waals surface area contributed by atoms with E-state index >= 15 is 0 Å². The predicted molar refractivity (Wildman–Crippen MR) is 165 cm³/mol. The van der Waals surface area contributed by atoms with Gasteiger partial charge in [0.15, 0.2) is 5.82 Å². The molecular formula is C30H27ClN6O3S. The lowest BCUT2D eigenvalue weighted by Crippen LogP contribution is -2.25. The average molecular weight is 587 g/mol. The third-order valence-electron chi connectivity index (χ3n) is 6.14. The minimum atomic E-state index is -0.288. The van der Waals surface area contributed by atoms with Gasteiger partial charge in [0.05, 0.1) is 41.5 Å². The van der Waals surface area contributed by atoms with E-state index in [0.717, 1.165) is 5.56 Å². The number of hydrogen-bond donors (Lipinski definition) is 1. The molecule has 0 saturated heterocycles. The number of halogens is 1. The van der Waals surface area contributed by atoms with Crippen LogP contribution in [0.15, 0.2) is 93.9 Å². The third-order valence-corrected chi connectivity index (χ3v) is 7.53. The van der Waals surface area contributed by atoms with Gasteiger partial charge in [0.2, 0.25) is 0 Å². The molecule has 0 unspecified atom stereocenters. The Hall–Kier alpha value is -4.25. The first kappa shape index (κ1) is 28.3. The standard InChI is InChI=1S/C30H27ClN6O3S/c1-32-28-27(34-19-35-28)29(33-2)41-18-25-36-22-12-8-14-24(40-16-15-39-17-20-9-4-3-5-10-20)26(22)30(38)37(25)23-13-7-6-11-21(23)31/h3-14,19H,1,15-18H2,2H3,(H,34,35). The molecule has 0 radical (unpaired) electrons. The van der Waals surface area contributed by atoms with Crippen molar-refractivity contribution in [2.45, 2.75) is 12.4 Å². The molecule has 2 heterocycles. The van der Waals surface area contributed by atoms with Crippen molar-refractivity contribution in [3.63, 3.8) is 0 Å². The highest BCUT2D eigenvalue weighted by Gasteiger charge is 2.20. The van der Waals surface area contributed by atoms with Crippen LogP contribution < -0.4 is 10.3 Å². The van der Waals surface area contributed by atoms with Crippen LogP contribution in [0.3, 0.4) is 0 Å². The summed E-state index contributed by atoms with van der Waals surface area (Å²) in [7, 11) is 1.68. The summed E-state index contributed by atoms with van der Waals surface area (Å²) in [5.41, 5.74) is 2.47. The highest BCUT2D eigenvalue weighted by Crippen LogP contribution is 2.28. The molecule has 0 amide bonds. The highest BCUT2D eigenvalue weighted by atomic mass is 35.5. The quantitative estimate of drug-likeness (QED) is 0.116. The number of imidazole rings is 1. The monoisotopic (exact) mass is 586 g/mol. The number of H-pyrrole nitrogens is 1. The second kappa shape index (κ2) is 13.4. The number of fused-ring (bicyclic) bond motifs is 1. The first-order chi connectivity index (χ1) is 20.1. The van der Waals surface area contributed by atoms with Crippen LogP contribution in [-0.4, -0.2) is 51.5 Å². The van der Waals surface area contributed by atoms with Crippen LogP contribution in [0.5, 0.6) is 5.75 Å². The Balaban J connectivity index is 1.45. The number of aliphatic imine (C=N–C) groups is 2. The molecular weight excluding hydrogens is 560 g/mol.